The van der Waals surface area contributed by atoms with Crippen molar-refractivity contribution in [1.82, 2.24) is 9.88 Å². The number of rotatable bonds is 5. The molecule has 37 heavy (non-hydrogen) atoms. The number of likely N-dealkylation sites (N-methyl/N-ethyl adjacent to an activating group) is 1. The minimum atomic E-state index is -0.320. The first kappa shape index (κ1) is 23.5. The van der Waals surface area contributed by atoms with Gasteiger partial charge in [0, 0.05) is 71.9 Å². The van der Waals surface area contributed by atoms with Gasteiger partial charge in [-0.2, -0.15) is 0 Å². The van der Waals surface area contributed by atoms with Crippen LogP contribution in [0.1, 0.15) is 21.7 Å². The molecule has 2 aliphatic heterocycles. The lowest BCUT2D eigenvalue weighted by atomic mass is 10.0. The van der Waals surface area contributed by atoms with Crippen molar-refractivity contribution in [2.45, 2.75) is 6.42 Å². The number of pyridine rings is 1. The third-order valence-electron chi connectivity index (χ3n) is 6.89. The van der Waals surface area contributed by atoms with Crippen molar-refractivity contribution in [2.75, 3.05) is 43.4 Å². The number of carbonyl (C=O) groups is 1. The standard InChI is InChI=1S/C29H26ClN5O2/c1-34-10-12-35(13-11-34)23-7-4-19(5-8-23)21-15-20-16-26(33-28(20)31-18-21)24-17-22(6-9-25(24)30)32-29(36)27-3-2-14-37-27/h2-9,14-15,17-18H,10-13,16H2,1H3,(H,32,36). The predicted molar refractivity (Wildman–Crippen MR) is 147 cm³/mol. The molecule has 1 fully saturated rings. The lowest BCUT2D eigenvalue weighted by Crippen LogP contribution is -2.44. The molecule has 4 heterocycles. The molecular formula is C29H26ClN5O2. The number of hydrogen-bond acceptors (Lipinski definition) is 6. The molecule has 7 nitrogen and oxygen atoms in total. The van der Waals surface area contributed by atoms with Crippen molar-refractivity contribution >= 4 is 40.4 Å². The summed E-state index contributed by atoms with van der Waals surface area (Å²) in [6.45, 7) is 4.27. The van der Waals surface area contributed by atoms with Gasteiger partial charge in [-0.3, -0.25) is 4.79 Å². The molecule has 0 unspecified atom stereocenters. The number of nitrogens with zero attached hydrogens (tertiary/aromatic N) is 4. The van der Waals surface area contributed by atoms with E-state index in [-0.39, 0.29) is 11.7 Å². The van der Waals surface area contributed by atoms with Gasteiger partial charge in [-0.05, 0) is 61.1 Å². The van der Waals surface area contributed by atoms with Gasteiger partial charge in [0.15, 0.2) is 11.6 Å². The van der Waals surface area contributed by atoms with Crippen LogP contribution < -0.4 is 10.2 Å². The summed E-state index contributed by atoms with van der Waals surface area (Å²) < 4.78 is 5.18. The van der Waals surface area contributed by atoms with Crippen LogP contribution in [-0.4, -0.2) is 54.7 Å². The summed E-state index contributed by atoms with van der Waals surface area (Å²) in [5, 5.41) is 3.42. The number of carbonyl (C=O) groups excluding carboxylic acids is 1. The normalized spacial score (nSPS) is 15.4. The Morgan fingerprint density at radius 3 is 2.57 bits per heavy atom. The lowest BCUT2D eigenvalue weighted by molar-refractivity contribution is 0.0996. The Hall–Kier alpha value is -3.94. The van der Waals surface area contributed by atoms with Gasteiger partial charge in [-0.25, -0.2) is 9.98 Å². The van der Waals surface area contributed by atoms with Gasteiger partial charge < -0.3 is 19.5 Å². The number of anilines is 2. The molecule has 1 amide bonds. The molecule has 6 rings (SSSR count). The Kier molecular flexibility index (Phi) is 6.24. The fraction of sp³-hybridized carbons (Fsp3) is 0.207. The van der Waals surface area contributed by atoms with Crippen LogP contribution in [0.4, 0.5) is 17.2 Å². The first-order valence-corrected chi connectivity index (χ1v) is 12.7. The van der Waals surface area contributed by atoms with E-state index in [1.807, 2.05) is 12.3 Å². The molecule has 2 aromatic carbocycles. The maximum absolute atomic E-state index is 12.4. The predicted octanol–water partition coefficient (Wildman–Crippen LogP) is 5.68. The SMILES string of the molecule is CN1CCN(c2ccc(-c3cnc4c(c3)CC(c3cc(NC(=O)c5ccco5)ccc3Cl)=N4)cc2)CC1. The average molecular weight is 512 g/mol. The number of piperazine rings is 1. The Bertz CT molecular complexity index is 1470. The second kappa shape index (κ2) is 9.84. The van der Waals surface area contributed by atoms with E-state index in [1.54, 1.807) is 24.3 Å². The number of benzene rings is 2. The monoisotopic (exact) mass is 511 g/mol. The highest BCUT2D eigenvalue weighted by Crippen LogP contribution is 2.34. The van der Waals surface area contributed by atoms with Gasteiger partial charge in [0.05, 0.1) is 12.0 Å². The van der Waals surface area contributed by atoms with Crippen molar-refractivity contribution < 1.29 is 9.21 Å². The topological polar surface area (TPSA) is 74.0 Å². The zero-order chi connectivity index (χ0) is 25.4. The first-order chi connectivity index (χ1) is 18.0. The number of fused-ring (bicyclic) bond motifs is 1. The van der Waals surface area contributed by atoms with Gasteiger partial charge in [-0.15, -0.1) is 0 Å². The van der Waals surface area contributed by atoms with E-state index < -0.39 is 0 Å². The molecule has 1 N–H and O–H groups in total. The summed E-state index contributed by atoms with van der Waals surface area (Å²) in [5.74, 6) is 0.629. The smallest absolute Gasteiger partial charge is 0.291 e. The van der Waals surface area contributed by atoms with E-state index in [0.29, 0.717) is 22.9 Å². The molecule has 0 radical (unpaired) electrons. The summed E-state index contributed by atoms with van der Waals surface area (Å²) in [5.41, 5.74) is 6.71. The number of halogens is 1. The number of aromatic nitrogens is 1. The van der Waals surface area contributed by atoms with E-state index >= 15 is 0 Å². The highest BCUT2D eigenvalue weighted by molar-refractivity contribution is 6.34. The zero-order valence-corrected chi connectivity index (χ0v) is 21.2. The highest BCUT2D eigenvalue weighted by atomic mass is 35.5. The van der Waals surface area contributed by atoms with Crippen LogP contribution in [-0.2, 0) is 6.42 Å². The van der Waals surface area contributed by atoms with Crippen LogP contribution in [0.5, 0.6) is 0 Å². The fourth-order valence-electron chi connectivity index (χ4n) is 4.75. The minimum Gasteiger partial charge on any atom is -0.459 e. The molecule has 8 heteroatoms. The second-order valence-electron chi connectivity index (χ2n) is 9.41. The molecule has 1 saturated heterocycles. The molecule has 0 saturated carbocycles. The summed E-state index contributed by atoms with van der Waals surface area (Å²) in [7, 11) is 2.17. The van der Waals surface area contributed by atoms with Crippen molar-refractivity contribution in [3.8, 4) is 11.1 Å². The Balaban J connectivity index is 1.18. The van der Waals surface area contributed by atoms with Crippen molar-refractivity contribution in [3.63, 3.8) is 0 Å². The Labute approximate surface area is 220 Å². The molecule has 0 atom stereocenters. The quantitative estimate of drug-likeness (QED) is 0.373. The summed E-state index contributed by atoms with van der Waals surface area (Å²) >= 11 is 6.53. The summed E-state index contributed by atoms with van der Waals surface area (Å²) in [4.78, 5) is 26.6. The molecule has 4 aromatic rings. The van der Waals surface area contributed by atoms with Crippen LogP contribution in [0, 0.1) is 0 Å². The molecule has 2 aliphatic rings. The average Bonchev–Trinajstić information content (AvgIpc) is 3.60. The fourth-order valence-corrected chi connectivity index (χ4v) is 4.98. The maximum atomic E-state index is 12.4. The highest BCUT2D eigenvalue weighted by Gasteiger charge is 2.21. The zero-order valence-electron chi connectivity index (χ0n) is 20.4. The van der Waals surface area contributed by atoms with E-state index in [0.717, 1.165) is 54.1 Å². The van der Waals surface area contributed by atoms with Crippen LogP contribution in [0.3, 0.4) is 0 Å². The number of nitrogens with one attached hydrogen (secondary N) is 1. The largest absolute Gasteiger partial charge is 0.459 e. The summed E-state index contributed by atoms with van der Waals surface area (Å²) in [6, 6.07) is 19.5. The van der Waals surface area contributed by atoms with Crippen LogP contribution in [0.25, 0.3) is 11.1 Å². The molecule has 186 valence electrons. The van der Waals surface area contributed by atoms with Gasteiger partial charge >= 0.3 is 0 Å². The number of aliphatic imine (C=N–C) groups is 1. The molecule has 0 bridgehead atoms. The van der Waals surface area contributed by atoms with Crippen molar-refractivity contribution in [1.29, 1.82) is 0 Å². The third kappa shape index (κ3) is 4.88. The minimum absolute atomic E-state index is 0.246. The van der Waals surface area contributed by atoms with Crippen LogP contribution in [0.15, 0.2) is 82.5 Å². The number of amides is 1. The molecule has 0 aliphatic carbocycles. The van der Waals surface area contributed by atoms with E-state index in [1.165, 1.54) is 12.0 Å². The van der Waals surface area contributed by atoms with Crippen LogP contribution >= 0.6 is 11.6 Å². The summed E-state index contributed by atoms with van der Waals surface area (Å²) in [6.07, 6.45) is 3.96. The van der Waals surface area contributed by atoms with E-state index in [2.05, 4.69) is 57.5 Å². The van der Waals surface area contributed by atoms with Gasteiger partial charge in [0.2, 0.25) is 0 Å². The maximum Gasteiger partial charge on any atom is 0.291 e. The molecule has 0 spiro atoms. The van der Waals surface area contributed by atoms with Gasteiger partial charge in [-0.1, -0.05) is 23.7 Å². The molecular weight excluding hydrogens is 486 g/mol. The van der Waals surface area contributed by atoms with Crippen molar-refractivity contribution in [3.05, 3.63) is 95.0 Å². The van der Waals surface area contributed by atoms with E-state index in [4.69, 9.17) is 21.0 Å². The third-order valence-corrected chi connectivity index (χ3v) is 7.22. The van der Waals surface area contributed by atoms with Crippen molar-refractivity contribution in [2.24, 2.45) is 4.99 Å². The lowest BCUT2D eigenvalue weighted by Gasteiger charge is -2.34. The Morgan fingerprint density at radius 1 is 1.00 bits per heavy atom. The van der Waals surface area contributed by atoms with E-state index in [9.17, 15) is 4.79 Å². The van der Waals surface area contributed by atoms with Gasteiger partial charge in [0.1, 0.15) is 0 Å². The van der Waals surface area contributed by atoms with Crippen LogP contribution in [0.2, 0.25) is 5.02 Å². The molecule has 2 aromatic heterocycles. The first-order valence-electron chi connectivity index (χ1n) is 12.3. The second-order valence-corrected chi connectivity index (χ2v) is 9.81. The Morgan fingerprint density at radius 2 is 1.81 bits per heavy atom. The number of furan rings is 1. The van der Waals surface area contributed by atoms with Gasteiger partial charge in [0.25, 0.3) is 5.91 Å². The number of hydrogen-bond donors (Lipinski definition) is 1.